The first-order valence-electron chi connectivity index (χ1n) is 7.86. The first-order chi connectivity index (χ1) is 11.9. The molecule has 1 aliphatic rings. The van der Waals surface area contributed by atoms with Gasteiger partial charge in [-0.15, -0.1) is 12.4 Å². The van der Waals surface area contributed by atoms with Gasteiger partial charge < -0.3 is 15.4 Å². The maximum Gasteiger partial charge on any atom is 0.244 e. The third-order valence-corrected chi connectivity index (χ3v) is 5.10. The number of carbonyl (C=O) groups excluding carboxylic acids is 1. The molecule has 2 aromatic rings. The van der Waals surface area contributed by atoms with Crippen molar-refractivity contribution in [3.8, 4) is 5.69 Å². The Bertz CT molecular complexity index is 884. The standard InChI is InChI=1S/C16H20N4O4S.ClH/c1-11-15(17-7-8-24-11)16(21)19-12-9-18-20(10-12)13-5-3-4-6-14(13)25(2,22)23;/h3-6,9-11,15,17H,7-8H2,1-2H3,(H,19,21);1H/t11-,15+;/m1./s1. The van der Waals surface area contributed by atoms with Gasteiger partial charge in [0.15, 0.2) is 9.84 Å². The minimum atomic E-state index is -3.39. The molecule has 26 heavy (non-hydrogen) atoms. The number of amides is 1. The van der Waals surface area contributed by atoms with Crippen LogP contribution in [-0.4, -0.2) is 55.7 Å². The van der Waals surface area contributed by atoms with E-state index in [1.54, 1.807) is 24.4 Å². The number of halogens is 1. The van der Waals surface area contributed by atoms with Gasteiger partial charge in [0.05, 0.1) is 41.4 Å². The highest BCUT2D eigenvalue weighted by atomic mass is 35.5. The summed E-state index contributed by atoms with van der Waals surface area (Å²) in [5, 5.41) is 10.1. The van der Waals surface area contributed by atoms with E-state index in [0.29, 0.717) is 24.5 Å². The molecule has 1 aromatic heterocycles. The molecule has 10 heteroatoms. The predicted molar refractivity (Wildman–Crippen MR) is 99.8 cm³/mol. The lowest BCUT2D eigenvalue weighted by atomic mass is 10.1. The van der Waals surface area contributed by atoms with E-state index in [2.05, 4.69) is 15.7 Å². The van der Waals surface area contributed by atoms with Crippen LogP contribution in [0.3, 0.4) is 0 Å². The number of aromatic nitrogens is 2. The number of rotatable bonds is 4. The molecule has 142 valence electrons. The van der Waals surface area contributed by atoms with E-state index in [1.165, 1.54) is 16.9 Å². The molecule has 0 aliphatic carbocycles. The van der Waals surface area contributed by atoms with Gasteiger partial charge in [-0.25, -0.2) is 13.1 Å². The van der Waals surface area contributed by atoms with Crippen LogP contribution in [0.5, 0.6) is 0 Å². The van der Waals surface area contributed by atoms with Crippen LogP contribution in [0.25, 0.3) is 5.69 Å². The molecule has 1 aromatic carbocycles. The van der Waals surface area contributed by atoms with E-state index in [1.807, 2.05) is 6.92 Å². The van der Waals surface area contributed by atoms with Crippen molar-refractivity contribution in [3.05, 3.63) is 36.7 Å². The van der Waals surface area contributed by atoms with Crippen molar-refractivity contribution in [1.82, 2.24) is 15.1 Å². The van der Waals surface area contributed by atoms with Crippen LogP contribution >= 0.6 is 12.4 Å². The lowest BCUT2D eigenvalue weighted by Gasteiger charge is -2.29. The van der Waals surface area contributed by atoms with Gasteiger partial charge in [-0.05, 0) is 19.1 Å². The fourth-order valence-corrected chi connectivity index (χ4v) is 3.59. The van der Waals surface area contributed by atoms with Gasteiger partial charge in [-0.2, -0.15) is 5.10 Å². The Morgan fingerprint density at radius 1 is 1.38 bits per heavy atom. The first kappa shape index (κ1) is 20.4. The lowest BCUT2D eigenvalue weighted by molar-refractivity contribution is -0.123. The summed E-state index contributed by atoms with van der Waals surface area (Å²) in [5.41, 5.74) is 0.908. The number of morpholine rings is 1. The number of anilines is 1. The van der Waals surface area contributed by atoms with Gasteiger partial charge in [-0.3, -0.25) is 4.79 Å². The van der Waals surface area contributed by atoms with Crippen LogP contribution in [0.4, 0.5) is 5.69 Å². The molecule has 8 nitrogen and oxygen atoms in total. The van der Waals surface area contributed by atoms with Crippen molar-refractivity contribution in [1.29, 1.82) is 0 Å². The van der Waals surface area contributed by atoms with E-state index < -0.39 is 15.9 Å². The zero-order valence-electron chi connectivity index (χ0n) is 14.4. The van der Waals surface area contributed by atoms with E-state index >= 15 is 0 Å². The molecule has 0 spiro atoms. The highest BCUT2D eigenvalue weighted by Crippen LogP contribution is 2.21. The quantitative estimate of drug-likeness (QED) is 0.794. The normalized spacial score (nSPS) is 20.2. The van der Waals surface area contributed by atoms with Crippen molar-refractivity contribution in [2.75, 3.05) is 24.7 Å². The number of hydrogen-bond acceptors (Lipinski definition) is 6. The summed E-state index contributed by atoms with van der Waals surface area (Å²) < 4.78 is 30.7. The number of hydrogen-bond donors (Lipinski definition) is 2. The largest absolute Gasteiger partial charge is 0.375 e. The number of nitrogens with one attached hydrogen (secondary N) is 2. The number of para-hydroxylation sites is 1. The van der Waals surface area contributed by atoms with Gasteiger partial charge in [0.1, 0.15) is 6.04 Å². The molecule has 0 bridgehead atoms. The molecule has 0 saturated carbocycles. The summed E-state index contributed by atoms with van der Waals surface area (Å²) in [6, 6.07) is 6.13. The predicted octanol–water partition coefficient (Wildman–Crippen LogP) is 1.01. The fourth-order valence-electron chi connectivity index (χ4n) is 2.73. The molecule has 1 fully saturated rings. The smallest absolute Gasteiger partial charge is 0.244 e. The van der Waals surface area contributed by atoms with Gasteiger partial charge in [0.2, 0.25) is 5.91 Å². The average molecular weight is 401 g/mol. The van der Waals surface area contributed by atoms with Crippen LogP contribution in [0, 0.1) is 0 Å². The SMILES string of the molecule is C[C@H]1OCCN[C@@H]1C(=O)Nc1cnn(-c2ccccc2S(C)(=O)=O)c1.Cl. The molecule has 0 unspecified atom stereocenters. The minimum absolute atomic E-state index is 0. The molecule has 2 heterocycles. The van der Waals surface area contributed by atoms with E-state index in [0.717, 1.165) is 6.26 Å². The molecule has 2 atom stereocenters. The molecule has 0 radical (unpaired) electrons. The number of nitrogens with zero attached hydrogens (tertiary/aromatic N) is 2. The Labute approximate surface area is 158 Å². The van der Waals surface area contributed by atoms with Crippen LogP contribution in [-0.2, 0) is 19.4 Å². The Kier molecular flexibility index (Phi) is 6.40. The highest BCUT2D eigenvalue weighted by molar-refractivity contribution is 7.90. The monoisotopic (exact) mass is 400 g/mol. The maximum absolute atomic E-state index is 12.4. The minimum Gasteiger partial charge on any atom is -0.375 e. The van der Waals surface area contributed by atoms with Gasteiger partial charge in [-0.1, -0.05) is 12.1 Å². The number of carbonyl (C=O) groups is 1. The van der Waals surface area contributed by atoms with E-state index in [9.17, 15) is 13.2 Å². The topological polar surface area (TPSA) is 102 Å². The molecule has 2 N–H and O–H groups in total. The Morgan fingerprint density at radius 2 is 2.12 bits per heavy atom. The summed E-state index contributed by atoms with van der Waals surface area (Å²) in [4.78, 5) is 12.5. The zero-order valence-corrected chi connectivity index (χ0v) is 16.0. The van der Waals surface area contributed by atoms with Crippen LogP contribution in [0.1, 0.15) is 6.92 Å². The molecular weight excluding hydrogens is 380 g/mol. The van der Waals surface area contributed by atoms with Crippen molar-refractivity contribution in [2.24, 2.45) is 0 Å². The fraction of sp³-hybridized carbons (Fsp3) is 0.375. The third kappa shape index (κ3) is 4.42. The van der Waals surface area contributed by atoms with E-state index in [4.69, 9.17) is 4.74 Å². The molecule has 3 rings (SSSR count). The molecule has 1 amide bonds. The van der Waals surface area contributed by atoms with E-state index in [-0.39, 0.29) is 29.3 Å². The first-order valence-corrected chi connectivity index (χ1v) is 9.75. The molecule has 1 saturated heterocycles. The molecular formula is C16H21ClN4O4S. The summed E-state index contributed by atoms with van der Waals surface area (Å²) in [6.45, 7) is 3.02. The summed E-state index contributed by atoms with van der Waals surface area (Å²) in [6.07, 6.45) is 3.98. The second-order valence-electron chi connectivity index (χ2n) is 5.91. The molecule has 1 aliphatic heterocycles. The van der Waals surface area contributed by atoms with Crippen molar-refractivity contribution in [3.63, 3.8) is 0 Å². The second kappa shape index (κ2) is 8.17. The highest BCUT2D eigenvalue weighted by Gasteiger charge is 2.28. The van der Waals surface area contributed by atoms with Crippen molar-refractivity contribution < 1.29 is 17.9 Å². The Balaban J connectivity index is 0.00000243. The summed E-state index contributed by atoms with van der Waals surface area (Å²) >= 11 is 0. The Morgan fingerprint density at radius 3 is 2.81 bits per heavy atom. The van der Waals surface area contributed by atoms with Gasteiger partial charge in [0, 0.05) is 12.8 Å². The summed E-state index contributed by atoms with van der Waals surface area (Å²) in [5.74, 6) is -0.219. The van der Waals surface area contributed by atoms with Crippen molar-refractivity contribution in [2.45, 2.75) is 24.0 Å². The van der Waals surface area contributed by atoms with Crippen LogP contribution in [0.15, 0.2) is 41.6 Å². The third-order valence-electron chi connectivity index (χ3n) is 3.96. The van der Waals surface area contributed by atoms with Gasteiger partial charge in [0.25, 0.3) is 0 Å². The number of sulfone groups is 1. The average Bonchev–Trinajstić information content (AvgIpc) is 3.03. The lowest BCUT2D eigenvalue weighted by Crippen LogP contribution is -2.53. The van der Waals surface area contributed by atoms with Crippen LogP contribution < -0.4 is 10.6 Å². The van der Waals surface area contributed by atoms with Gasteiger partial charge >= 0.3 is 0 Å². The second-order valence-corrected chi connectivity index (χ2v) is 7.89. The van der Waals surface area contributed by atoms with Crippen molar-refractivity contribution >= 4 is 33.8 Å². The maximum atomic E-state index is 12.4. The number of ether oxygens (including phenoxy) is 1. The number of benzene rings is 1. The summed E-state index contributed by atoms with van der Waals surface area (Å²) in [7, 11) is -3.39. The van der Waals surface area contributed by atoms with Crippen LogP contribution in [0.2, 0.25) is 0 Å². The Hall–Kier alpha value is -1.94. The zero-order chi connectivity index (χ0) is 18.0.